The van der Waals surface area contributed by atoms with Gasteiger partial charge in [-0.05, 0) is 34.1 Å². The van der Waals surface area contributed by atoms with Crippen LogP contribution in [0.3, 0.4) is 0 Å². The third kappa shape index (κ3) is 5.67. The maximum atomic E-state index is 5.90. The van der Waals surface area contributed by atoms with E-state index in [2.05, 4.69) is 49.8 Å². The third-order valence-corrected chi connectivity index (χ3v) is 3.75. The van der Waals surface area contributed by atoms with Crippen LogP contribution in [0.15, 0.2) is 4.99 Å². The first kappa shape index (κ1) is 17.2. The summed E-state index contributed by atoms with van der Waals surface area (Å²) in [6.45, 7) is 14.4. The highest BCUT2D eigenvalue weighted by Gasteiger charge is 2.32. The molecule has 1 fully saturated rings. The van der Waals surface area contributed by atoms with Gasteiger partial charge in [0.2, 0.25) is 0 Å². The van der Waals surface area contributed by atoms with E-state index in [1.165, 1.54) is 0 Å². The summed E-state index contributed by atoms with van der Waals surface area (Å²) >= 11 is 0. The molecule has 1 saturated heterocycles. The molecule has 1 rings (SSSR count). The van der Waals surface area contributed by atoms with Gasteiger partial charge in [-0.25, -0.2) is 0 Å². The molecule has 1 heterocycles. The summed E-state index contributed by atoms with van der Waals surface area (Å²) in [4.78, 5) is 6.95. The molecule has 0 spiro atoms. The van der Waals surface area contributed by atoms with Crippen molar-refractivity contribution in [2.45, 2.75) is 65.2 Å². The number of rotatable bonds is 6. The Labute approximate surface area is 124 Å². The lowest BCUT2D eigenvalue weighted by Crippen LogP contribution is -2.56. The largest absolute Gasteiger partial charge is 0.373 e. The summed E-state index contributed by atoms with van der Waals surface area (Å²) < 4.78 is 5.79. The van der Waals surface area contributed by atoms with Crippen LogP contribution in [0.25, 0.3) is 0 Å². The van der Waals surface area contributed by atoms with Crippen molar-refractivity contribution in [2.24, 2.45) is 10.7 Å². The molecule has 0 aromatic heterocycles. The van der Waals surface area contributed by atoms with Crippen LogP contribution in [-0.2, 0) is 4.74 Å². The number of morpholine rings is 1. The second kappa shape index (κ2) is 7.84. The van der Waals surface area contributed by atoms with E-state index >= 15 is 0 Å². The van der Waals surface area contributed by atoms with Gasteiger partial charge in [0.25, 0.3) is 0 Å². The second-order valence-corrected chi connectivity index (χ2v) is 6.46. The molecule has 2 unspecified atom stereocenters. The Bertz CT molecular complexity index is 307. The van der Waals surface area contributed by atoms with Gasteiger partial charge >= 0.3 is 0 Å². The van der Waals surface area contributed by atoms with Crippen LogP contribution >= 0.6 is 0 Å². The van der Waals surface area contributed by atoms with Crippen molar-refractivity contribution in [1.29, 1.82) is 0 Å². The number of nitrogens with zero attached hydrogens (tertiary/aromatic N) is 2. The van der Waals surface area contributed by atoms with Gasteiger partial charge in [-0.1, -0.05) is 13.3 Å². The van der Waals surface area contributed by atoms with Crippen molar-refractivity contribution in [3.8, 4) is 0 Å². The number of ether oxygens (including phenoxy) is 1. The number of guanidine groups is 1. The van der Waals surface area contributed by atoms with Crippen LogP contribution < -0.4 is 11.1 Å². The maximum absolute atomic E-state index is 5.90. The molecule has 3 N–H and O–H groups in total. The first-order valence-corrected chi connectivity index (χ1v) is 7.79. The van der Waals surface area contributed by atoms with Gasteiger partial charge < -0.3 is 15.8 Å². The molecule has 1 aliphatic heterocycles. The minimum atomic E-state index is 0.00333. The van der Waals surface area contributed by atoms with Gasteiger partial charge in [0.15, 0.2) is 5.96 Å². The van der Waals surface area contributed by atoms with Gasteiger partial charge in [0.1, 0.15) is 0 Å². The minimum absolute atomic E-state index is 0.00333. The molecule has 0 amide bonds. The fourth-order valence-electron chi connectivity index (χ4n) is 2.50. The lowest BCUT2D eigenvalue weighted by Gasteiger charge is -2.44. The van der Waals surface area contributed by atoms with Crippen LogP contribution in [0.1, 0.15) is 47.5 Å². The Morgan fingerprint density at radius 2 is 1.95 bits per heavy atom. The standard InChI is InChI=1S/C15H32N4O/c1-6-7-8-17-14(16)18-11-15(4,5)19-9-12(2)20-13(3)10-19/h12-13H,6-11H2,1-5H3,(H3,16,17,18). The Kier molecular flexibility index (Phi) is 6.76. The molecule has 20 heavy (non-hydrogen) atoms. The minimum Gasteiger partial charge on any atom is -0.373 e. The summed E-state index contributed by atoms with van der Waals surface area (Å²) in [6, 6.07) is 0. The van der Waals surface area contributed by atoms with Gasteiger partial charge in [0.05, 0.1) is 18.8 Å². The highest BCUT2D eigenvalue weighted by atomic mass is 16.5. The smallest absolute Gasteiger partial charge is 0.188 e. The van der Waals surface area contributed by atoms with Crippen LogP contribution in [-0.4, -0.2) is 54.8 Å². The van der Waals surface area contributed by atoms with Gasteiger partial charge in [-0.15, -0.1) is 0 Å². The van der Waals surface area contributed by atoms with Crippen LogP contribution in [0.5, 0.6) is 0 Å². The number of hydrogen-bond donors (Lipinski definition) is 2. The fourth-order valence-corrected chi connectivity index (χ4v) is 2.50. The predicted octanol–water partition coefficient (Wildman–Crippen LogP) is 1.58. The van der Waals surface area contributed by atoms with E-state index in [1.54, 1.807) is 0 Å². The normalized spacial score (nSPS) is 25.8. The fraction of sp³-hybridized carbons (Fsp3) is 0.933. The number of nitrogens with two attached hydrogens (primary N) is 1. The molecule has 0 saturated carbocycles. The van der Waals surface area contributed by atoms with E-state index in [4.69, 9.17) is 10.5 Å². The SMILES string of the molecule is CCCCNC(N)=NCC(C)(C)N1CC(C)OC(C)C1. The van der Waals surface area contributed by atoms with E-state index in [0.29, 0.717) is 12.5 Å². The Morgan fingerprint density at radius 1 is 1.35 bits per heavy atom. The Hall–Kier alpha value is -0.810. The number of hydrogen-bond acceptors (Lipinski definition) is 3. The molecule has 5 nitrogen and oxygen atoms in total. The zero-order valence-electron chi connectivity index (χ0n) is 13.8. The quantitative estimate of drug-likeness (QED) is 0.441. The molecule has 1 aliphatic rings. The molecule has 0 aromatic carbocycles. The Morgan fingerprint density at radius 3 is 2.50 bits per heavy atom. The predicted molar refractivity (Wildman–Crippen MR) is 85.1 cm³/mol. The van der Waals surface area contributed by atoms with Crippen LogP contribution in [0, 0.1) is 0 Å². The molecule has 2 atom stereocenters. The zero-order chi connectivity index (χ0) is 15.2. The Balaban J connectivity index is 2.49. The first-order valence-electron chi connectivity index (χ1n) is 7.79. The van der Waals surface area contributed by atoms with E-state index in [1.807, 2.05) is 0 Å². The average Bonchev–Trinajstić information content (AvgIpc) is 2.36. The van der Waals surface area contributed by atoms with Crippen molar-refractivity contribution < 1.29 is 4.74 Å². The van der Waals surface area contributed by atoms with Crippen molar-refractivity contribution in [2.75, 3.05) is 26.2 Å². The third-order valence-electron chi connectivity index (χ3n) is 3.75. The summed E-state index contributed by atoms with van der Waals surface area (Å²) in [7, 11) is 0. The molecule has 118 valence electrons. The lowest BCUT2D eigenvalue weighted by molar-refractivity contribution is -0.0939. The molecular formula is C15H32N4O. The van der Waals surface area contributed by atoms with E-state index in [0.717, 1.165) is 32.5 Å². The highest BCUT2D eigenvalue weighted by Crippen LogP contribution is 2.21. The summed E-state index contributed by atoms with van der Waals surface area (Å²) in [5.41, 5.74) is 5.90. The molecular weight excluding hydrogens is 252 g/mol. The summed E-state index contributed by atoms with van der Waals surface area (Å²) in [6.07, 6.45) is 2.84. The average molecular weight is 284 g/mol. The summed E-state index contributed by atoms with van der Waals surface area (Å²) in [5, 5.41) is 3.16. The molecule has 0 aromatic rings. The molecule has 5 heteroatoms. The number of unbranched alkanes of at least 4 members (excludes halogenated alkanes) is 1. The van der Waals surface area contributed by atoms with Crippen molar-refractivity contribution in [3.63, 3.8) is 0 Å². The zero-order valence-corrected chi connectivity index (χ0v) is 13.8. The van der Waals surface area contributed by atoms with Crippen LogP contribution in [0.4, 0.5) is 0 Å². The topological polar surface area (TPSA) is 62.9 Å². The van der Waals surface area contributed by atoms with E-state index in [9.17, 15) is 0 Å². The van der Waals surface area contributed by atoms with Gasteiger partial charge in [0, 0.05) is 25.2 Å². The molecule has 0 aliphatic carbocycles. The highest BCUT2D eigenvalue weighted by molar-refractivity contribution is 5.77. The van der Waals surface area contributed by atoms with Crippen molar-refractivity contribution in [3.05, 3.63) is 0 Å². The maximum Gasteiger partial charge on any atom is 0.188 e. The lowest BCUT2D eigenvalue weighted by atomic mass is 10.0. The van der Waals surface area contributed by atoms with Gasteiger partial charge in [-0.3, -0.25) is 9.89 Å². The number of nitrogens with one attached hydrogen (secondary N) is 1. The van der Waals surface area contributed by atoms with Crippen molar-refractivity contribution in [1.82, 2.24) is 10.2 Å². The molecule has 0 radical (unpaired) electrons. The molecule has 0 bridgehead atoms. The summed E-state index contributed by atoms with van der Waals surface area (Å²) in [5.74, 6) is 0.556. The number of aliphatic imine (C=N–C) groups is 1. The monoisotopic (exact) mass is 284 g/mol. The van der Waals surface area contributed by atoms with Crippen LogP contribution in [0.2, 0.25) is 0 Å². The second-order valence-electron chi connectivity index (χ2n) is 6.46. The van der Waals surface area contributed by atoms with Gasteiger partial charge in [-0.2, -0.15) is 0 Å². The van der Waals surface area contributed by atoms with E-state index in [-0.39, 0.29) is 17.7 Å². The first-order chi connectivity index (χ1) is 9.35. The van der Waals surface area contributed by atoms with Crippen molar-refractivity contribution >= 4 is 5.96 Å². The van der Waals surface area contributed by atoms with E-state index < -0.39 is 0 Å².